The van der Waals surface area contributed by atoms with E-state index in [1.165, 1.54) is 0 Å². The lowest BCUT2D eigenvalue weighted by atomic mass is 10.4. The van der Waals surface area contributed by atoms with Crippen LogP contribution in [0.1, 0.15) is 27.7 Å². The van der Waals surface area contributed by atoms with E-state index < -0.39 is 0 Å². The molecule has 0 bridgehead atoms. The van der Waals surface area contributed by atoms with Crippen LogP contribution in [0, 0.1) is 0 Å². The van der Waals surface area contributed by atoms with Crippen molar-refractivity contribution in [1.29, 1.82) is 0 Å². The third-order valence-corrected chi connectivity index (χ3v) is 0.682. The van der Waals surface area contributed by atoms with Gasteiger partial charge in [-0.1, -0.05) is 10.4 Å². The van der Waals surface area contributed by atoms with Gasteiger partial charge in [-0.15, -0.1) is 12.4 Å². The molecule has 0 aromatic rings. The minimum Gasteiger partial charge on any atom is -0.288 e. The third kappa shape index (κ3) is 12.6. The maximum Gasteiger partial charge on any atom is 0.0401 e. The molecule has 0 spiro atoms. The summed E-state index contributed by atoms with van der Waals surface area (Å²) < 4.78 is 0. The van der Waals surface area contributed by atoms with E-state index in [1.807, 2.05) is 27.7 Å². The zero-order valence-corrected chi connectivity index (χ0v) is 8.27. The Morgan fingerprint density at radius 3 is 1.27 bits per heavy atom. The van der Waals surface area contributed by atoms with Crippen LogP contribution in [0.2, 0.25) is 0 Å². The van der Waals surface area contributed by atoms with Gasteiger partial charge in [-0.2, -0.15) is 0 Å². The Balaban J connectivity index is 0. The maximum atomic E-state index is 3.67. The highest BCUT2D eigenvalue weighted by Gasteiger charge is 1.86. The summed E-state index contributed by atoms with van der Waals surface area (Å²) in [5.41, 5.74) is 5.59. The second-order valence-electron chi connectivity index (χ2n) is 2.77. The highest BCUT2D eigenvalue weighted by molar-refractivity contribution is 5.85. The Morgan fingerprint density at radius 2 is 1.09 bits per heavy atom. The van der Waals surface area contributed by atoms with Gasteiger partial charge in [0.15, 0.2) is 0 Å². The zero-order valence-electron chi connectivity index (χ0n) is 7.46. The largest absolute Gasteiger partial charge is 0.288 e. The van der Waals surface area contributed by atoms with E-state index in [9.17, 15) is 0 Å². The molecule has 4 nitrogen and oxygen atoms in total. The van der Waals surface area contributed by atoms with Crippen molar-refractivity contribution in [1.82, 2.24) is 10.9 Å². The first-order valence-electron chi connectivity index (χ1n) is 3.53. The van der Waals surface area contributed by atoms with E-state index in [0.717, 1.165) is 0 Å². The molecule has 5 heteroatoms. The summed E-state index contributed by atoms with van der Waals surface area (Å²) in [5.74, 6) is 0. The molecule has 0 aliphatic rings. The highest BCUT2D eigenvalue weighted by atomic mass is 35.5. The van der Waals surface area contributed by atoms with Crippen molar-refractivity contribution in [3.05, 3.63) is 0 Å². The molecule has 2 N–H and O–H groups in total. The van der Waals surface area contributed by atoms with Crippen molar-refractivity contribution in [3.63, 3.8) is 0 Å². The molecule has 0 radical (unpaired) electrons. The summed E-state index contributed by atoms with van der Waals surface area (Å²) in [5, 5.41) is 7.35. The van der Waals surface area contributed by atoms with E-state index in [4.69, 9.17) is 0 Å². The summed E-state index contributed by atoms with van der Waals surface area (Å²) in [6.45, 7) is 8.03. The fourth-order valence-electron chi connectivity index (χ4n) is 0.289. The predicted molar refractivity (Wildman–Crippen MR) is 48.6 cm³/mol. The van der Waals surface area contributed by atoms with Gasteiger partial charge in [0.2, 0.25) is 0 Å². The van der Waals surface area contributed by atoms with Crippen LogP contribution in [0.25, 0.3) is 0 Å². The molecular weight excluding hydrogens is 164 g/mol. The van der Waals surface area contributed by atoms with Crippen LogP contribution >= 0.6 is 12.4 Å². The second kappa shape index (κ2) is 7.60. The molecule has 0 amide bonds. The molecule has 11 heavy (non-hydrogen) atoms. The molecule has 0 heterocycles. The summed E-state index contributed by atoms with van der Waals surface area (Å²) in [6.07, 6.45) is 0. The molecule has 68 valence electrons. The SMILES string of the molecule is CC(C)NN=NNC(C)C.Cl. The van der Waals surface area contributed by atoms with E-state index in [-0.39, 0.29) is 12.4 Å². The monoisotopic (exact) mass is 180 g/mol. The fourth-order valence-corrected chi connectivity index (χ4v) is 0.289. The first-order chi connectivity index (χ1) is 4.63. The van der Waals surface area contributed by atoms with Crippen LogP contribution in [0.5, 0.6) is 0 Å². The Hall–Kier alpha value is -0.510. The van der Waals surface area contributed by atoms with Gasteiger partial charge in [0, 0.05) is 12.1 Å². The van der Waals surface area contributed by atoms with Crippen molar-refractivity contribution in [3.8, 4) is 0 Å². The number of nitrogens with one attached hydrogen (secondary N) is 2. The molecule has 0 atom stereocenters. The number of nitrogens with zero attached hydrogens (tertiary/aromatic N) is 2. The predicted octanol–water partition coefficient (Wildman–Crippen LogP) is 1.69. The van der Waals surface area contributed by atoms with E-state index in [0.29, 0.717) is 12.1 Å². The average molecular weight is 181 g/mol. The van der Waals surface area contributed by atoms with Gasteiger partial charge < -0.3 is 0 Å². The highest BCUT2D eigenvalue weighted by Crippen LogP contribution is 1.78. The summed E-state index contributed by atoms with van der Waals surface area (Å²) in [4.78, 5) is 0. The molecular formula is C6H17ClN4. The first kappa shape index (κ1) is 13.1. The van der Waals surface area contributed by atoms with Crippen molar-refractivity contribution in [2.24, 2.45) is 10.4 Å². The Kier molecular flexibility index (Phi) is 9.05. The van der Waals surface area contributed by atoms with Crippen LogP contribution in [0.3, 0.4) is 0 Å². The molecule has 0 fully saturated rings. The molecule has 0 aliphatic carbocycles. The lowest BCUT2D eigenvalue weighted by Gasteiger charge is -2.02. The smallest absolute Gasteiger partial charge is 0.0401 e. The van der Waals surface area contributed by atoms with Crippen molar-refractivity contribution in [2.75, 3.05) is 0 Å². The standard InChI is InChI=1S/C6H16N4.ClH/c1-5(2)7-9-10-8-6(3)4;/h5-6H,1-4H3,(H,7,10)(H,8,9);1H. The molecule has 0 aromatic carbocycles. The third-order valence-electron chi connectivity index (χ3n) is 0.682. The number of rotatable bonds is 4. The van der Waals surface area contributed by atoms with E-state index >= 15 is 0 Å². The first-order valence-corrected chi connectivity index (χ1v) is 3.53. The Morgan fingerprint density at radius 1 is 0.818 bits per heavy atom. The summed E-state index contributed by atoms with van der Waals surface area (Å²) in [7, 11) is 0. The second-order valence-corrected chi connectivity index (χ2v) is 2.77. The number of halogens is 1. The van der Waals surface area contributed by atoms with E-state index in [1.54, 1.807) is 0 Å². The van der Waals surface area contributed by atoms with Gasteiger partial charge in [0.25, 0.3) is 0 Å². The number of hydrogen-bond donors (Lipinski definition) is 2. The molecule has 0 saturated heterocycles. The molecule has 0 saturated carbocycles. The van der Waals surface area contributed by atoms with Crippen molar-refractivity contribution >= 4 is 12.4 Å². The normalized spacial score (nSPS) is 10.4. The van der Waals surface area contributed by atoms with Gasteiger partial charge in [-0.25, -0.2) is 0 Å². The van der Waals surface area contributed by atoms with Crippen LogP contribution < -0.4 is 10.9 Å². The molecule has 0 aliphatic heterocycles. The van der Waals surface area contributed by atoms with Gasteiger partial charge >= 0.3 is 0 Å². The van der Waals surface area contributed by atoms with Crippen LogP contribution in [0.15, 0.2) is 10.4 Å². The van der Waals surface area contributed by atoms with Gasteiger partial charge in [0.1, 0.15) is 0 Å². The van der Waals surface area contributed by atoms with Crippen molar-refractivity contribution in [2.45, 2.75) is 39.8 Å². The average Bonchev–Trinajstić information content (AvgIpc) is 1.79. The topological polar surface area (TPSA) is 48.8 Å². The summed E-state index contributed by atoms with van der Waals surface area (Å²) >= 11 is 0. The molecule has 0 aromatic heterocycles. The van der Waals surface area contributed by atoms with Gasteiger partial charge in [0.05, 0.1) is 0 Å². The van der Waals surface area contributed by atoms with Crippen molar-refractivity contribution < 1.29 is 0 Å². The maximum absolute atomic E-state index is 3.67. The fraction of sp³-hybridized carbons (Fsp3) is 1.00. The quantitative estimate of drug-likeness (QED) is 0.511. The van der Waals surface area contributed by atoms with Gasteiger partial charge in [-0.05, 0) is 27.7 Å². The Labute approximate surface area is 74.2 Å². The molecule has 0 rings (SSSR count). The lowest BCUT2D eigenvalue weighted by Crippen LogP contribution is -2.19. The number of hydrogen-bond acceptors (Lipinski definition) is 2. The summed E-state index contributed by atoms with van der Waals surface area (Å²) in [6, 6.07) is 0.690. The lowest BCUT2D eigenvalue weighted by molar-refractivity contribution is 0.517. The minimum atomic E-state index is 0. The minimum absolute atomic E-state index is 0. The van der Waals surface area contributed by atoms with Gasteiger partial charge in [-0.3, -0.25) is 10.9 Å². The van der Waals surface area contributed by atoms with Crippen LogP contribution in [0.4, 0.5) is 0 Å². The van der Waals surface area contributed by atoms with E-state index in [2.05, 4.69) is 21.3 Å². The Bertz CT molecular complexity index is 90.8. The molecule has 0 unspecified atom stereocenters. The zero-order chi connectivity index (χ0) is 7.98. The van der Waals surface area contributed by atoms with Crippen LogP contribution in [-0.4, -0.2) is 12.1 Å². The van der Waals surface area contributed by atoms with Crippen LogP contribution in [-0.2, 0) is 0 Å².